The number of halogens is 3. The number of anilines is 1. The number of allylic oxidation sites excluding steroid dienone is 1. The van der Waals surface area contributed by atoms with E-state index in [0.29, 0.717) is 28.2 Å². The average molecular weight is 514 g/mol. The molecule has 2 N–H and O–H groups in total. The molecule has 3 aromatic carbocycles. The summed E-state index contributed by atoms with van der Waals surface area (Å²) >= 11 is 1.10. The van der Waals surface area contributed by atoms with Crippen LogP contribution in [-0.2, 0) is 4.79 Å². The molecule has 180 valence electrons. The number of nitrogens with zero attached hydrogens (tertiary/aromatic N) is 1. The zero-order valence-electron chi connectivity index (χ0n) is 18.6. The van der Waals surface area contributed by atoms with Gasteiger partial charge < -0.3 is 10.6 Å². The smallest absolute Gasteiger partial charge is 0.255 e. The number of para-hydroxylation sites is 1. The average Bonchev–Trinajstić information content (AvgIpc) is 2.83. The molecular weight excluding hydrogens is 492 g/mol. The number of amidine groups is 1. The van der Waals surface area contributed by atoms with E-state index >= 15 is 0 Å². The molecule has 0 saturated carbocycles. The molecule has 0 saturated heterocycles. The summed E-state index contributed by atoms with van der Waals surface area (Å²) in [5.41, 5.74) is 2.35. The summed E-state index contributed by atoms with van der Waals surface area (Å²) in [4.78, 5) is 30.4. The molecule has 0 aliphatic carbocycles. The Morgan fingerprint density at radius 3 is 2.31 bits per heavy atom. The van der Waals surface area contributed by atoms with Crippen LogP contribution in [0.5, 0.6) is 0 Å². The van der Waals surface area contributed by atoms with Crippen molar-refractivity contribution >= 4 is 46.7 Å². The molecule has 1 amide bonds. The van der Waals surface area contributed by atoms with Gasteiger partial charge in [0.1, 0.15) is 17.7 Å². The van der Waals surface area contributed by atoms with Crippen LogP contribution in [0.25, 0.3) is 0 Å². The van der Waals surface area contributed by atoms with Crippen LogP contribution >= 0.6 is 24.2 Å². The number of aliphatic imine (C=N–C) groups is 1. The number of rotatable bonds is 6. The summed E-state index contributed by atoms with van der Waals surface area (Å²) in [7, 11) is 0. The molecule has 3 aromatic rings. The summed E-state index contributed by atoms with van der Waals surface area (Å²) < 4.78 is 27.1. The minimum absolute atomic E-state index is 0. The fourth-order valence-corrected chi connectivity index (χ4v) is 4.37. The van der Waals surface area contributed by atoms with E-state index in [2.05, 4.69) is 10.6 Å². The lowest BCUT2D eigenvalue weighted by Gasteiger charge is -2.26. The minimum Gasteiger partial charge on any atom is -0.338 e. The third-order valence-electron chi connectivity index (χ3n) is 5.18. The van der Waals surface area contributed by atoms with E-state index < -0.39 is 23.5 Å². The first-order valence-electron chi connectivity index (χ1n) is 10.5. The first kappa shape index (κ1) is 26.1. The van der Waals surface area contributed by atoms with Gasteiger partial charge in [-0.1, -0.05) is 60.3 Å². The fourth-order valence-electron chi connectivity index (χ4n) is 3.54. The van der Waals surface area contributed by atoms with Crippen LogP contribution in [0.4, 0.5) is 14.5 Å². The van der Waals surface area contributed by atoms with Crippen molar-refractivity contribution < 1.29 is 18.4 Å². The zero-order chi connectivity index (χ0) is 24.1. The second-order valence-electron chi connectivity index (χ2n) is 7.57. The first-order chi connectivity index (χ1) is 16.4. The monoisotopic (exact) mass is 513 g/mol. The van der Waals surface area contributed by atoms with E-state index in [1.165, 1.54) is 0 Å². The number of thioether (sulfide) groups is 1. The Kier molecular flexibility index (Phi) is 8.78. The van der Waals surface area contributed by atoms with E-state index in [9.17, 15) is 18.4 Å². The molecule has 0 aromatic heterocycles. The van der Waals surface area contributed by atoms with E-state index in [4.69, 9.17) is 4.99 Å². The summed E-state index contributed by atoms with van der Waals surface area (Å²) in [6, 6.07) is 20.8. The normalized spacial score (nSPS) is 14.9. The molecule has 9 heteroatoms. The number of carbonyl (C=O) groups excluding carboxylic acids is 2. The first-order valence-corrected chi connectivity index (χ1v) is 11.5. The van der Waals surface area contributed by atoms with Crippen LogP contribution in [0.3, 0.4) is 0 Å². The largest absolute Gasteiger partial charge is 0.338 e. The van der Waals surface area contributed by atoms with Crippen molar-refractivity contribution in [2.45, 2.75) is 13.0 Å². The van der Waals surface area contributed by atoms with Gasteiger partial charge in [0.2, 0.25) is 0 Å². The molecule has 0 spiro atoms. The minimum atomic E-state index is -0.901. The van der Waals surface area contributed by atoms with Crippen LogP contribution in [0, 0.1) is 11.6 Å². The molecule has 0 bridgehead atoms. The molecule has 1 aliphatic heterocycles. The lowest BCUT2D eigenvalue weighted by Crippen LogP contribution is -2.32. The number of hydrogen-bond donors (Lipinski definition) is 2. The van der Waals surface area contributed by atoms with E-state index in [1.807, 2.05) is 48.5 Å². The van der Waals surface area contributed by atoms with Crippen molar-refractivity contribution in [2.24, 2.45) is 4.99 Å². The number of ketones is 1. The molecule has 0 radical (unpaired) electrons. The van der Waals surface area contributed by atoms with Gasteiger partial charge in [0.25, 0.3) is 5.91 Å². The number of amides is 1. The van der Waals surface area contributed by atoms with Crippen LogP contribution in [0.2, 0.25) is 0 Å². The Bertz CT molecular complexity index is 1280. The maximum Gasteiger partial charge on any atom is 0.255 e. The van der Waals surface area contributed by atoms with Gasteiger partial charge in [-0.05, 0) is 36.8 Å². The second kappa shape index (κ2) is 11.8. The van der Waals surface area contributed by atoms with Gasteiger partial charge in [0.05, 0.1) is 16.9 Å². The molecule has 1 heterocycles. The van der Waals surface area contributed by atoms with Gasteiger partial charge in [-0.15, -0.1) is 12.4 Å². The maximum absolute atomic E-state index is 14.0. The Morgan fingerprint density at radius 2 is 1.66 bits per heavy atom. The highest BCUT2D eigenvalue weighted by atomic mass is 35.5. The summed E-state index contributed by atoms with van der Waals surface area (Å²) in [6.07, 6.45) is 0. The highest BCUT2D eigenvalue weighted by molar-refractivity contribution is 8.14. The maximum atomic E-state index is 14.0. The van der Waals surface area contributed by atoms with Crippen molar-refractivity contribution in [3.8, 4) is 0 Å². The highest BCUT2D eigenvalue weighted by Gasteiger charge is 2.29. The Morgan fingerprint density at radius 1 is 1.00 bits per heavy atom. The highest BCUT2D eigenvalue weighted by Crippen LogP contribution is 2.33. The van der Waals surface area contributed by atoms with Gasteiger partial charge in [-0.2, -0.15) is 0 Å². The third kappa shape index (κ3) is 6.35. The number of Topliss-reactive ketones (excluding diaryl/α,β-unsaturated/α-hetero) is 1. The summed E-state index contributed by atoms with van der Waals surface area (Å²) in [5, 5.41) is 6.42. The lowest BCUT2D eigenvalue weighted by atomic mass is 9.96. The predicted octanol–water partition coefficient (Wildman–Crippen LogP) is 5.92. The van der Waals surface area contributed by atoms with Crippen LogP contribution < -0.4 is 10.6 Å². The van der Waals surface area contributed by atoms with Crippen LogP contribution in [0.1, 0.15) is 28.9 Å². The second-order valence-corrected chi connectivity index (χ2v) is 8.53. The zero-order valence-corrected chi connectivity index (χ0v) is 20.3. The number of nitrogens with one attached hydrogen (secondary N) is 2. The van der Waals surface area contributed by atoms with Crippen LogP contribution in [-0.4, -0.2) is 22.6 Å². The lowest BCUT2D eigenvalue weighted by molar-refractivity contribution is -0.113. The topological polar surface area (TPSA) is 70.6 Å². The van der Waals surface area contributed by atoms with Gasteiger partial charge in [-0.25, -0.2) is 13.8 Å². The van der Waals surface area contributed by atoms with Crippen molar-refractivity contribution in [3.63, 3.8) is 0 Å². The molecule has 35 heavy (non-hydrogen) atoms. The van der Waals surface area contributed by atoms with Crippen molar-refractivity contribution in [1.82, 2.24) is 5.32 Å². The van der Waals surface area contributed by atoms with Gasteiger partial charge in [0, 0.05) is 17.5 Å². The van der Waals surface area contributed by atoms with E-state index in [0.717, 1.165) is 29.5 Å². The van der Waals surface area contributed by atoms with E-state index in [-0.39, 0.29) is 29.6 Å². The summed E-state index contributed by atoms with van der Waals surface area (Å²) in [6.45, 7) is 1.77. The molecular formula is C26H22ClF2N3O2S. The Balaban J connectivity index is 0.00000342. The fraction of sp³-hybridized carbons (Fsp3) is 0.115. The van der Waals surface area contributed by atoms with Crippen molar-refractivity contribution in [3.05, 3.63) is 113 Å². The Hall–Kier alpha value is -3.49. The molecule has 4 rings (SSSR count). The van der Waals surface area contributed by atoms with Crippen molar-refractivity contribution in [2.75, 3.05) is 11.1 Å². The SMILES string of the molecule is CC1=C(C(=O)Nc2ccccc2)C(c2ccccc2)N=C(SCC(=O)c2ccc(F)cc2F)N1.Cl. The molecule has 1 unspecified atom stereocenters. The number of carbonyl (C=O) groups is 2. The molecule has 1 aliphatic rings. The molecule has 1 atom stereocenters. The van der Waals surface area contributed by atoms with Crippen LogP contribution in [0.15, 0.2) is 95.1 Å². The van der Waals surface area contributed by atoms with Gasteiger partial charge >= 0.3 is 0 Å². The number of hydrogen-bond acceptors (Lipinski definition) is 5. The Labute approximate surface area is 212 Å². The standard InChI is InChI=1S/C26H21F2N3O2S.ClH/c1-16-23(25(33)30-19-10-6-3-7-11-19)24(17-8-4-2-5-9-17)31-26(29-16)34-15-22(32)20-13-12-18(27)14-21(20)28;/h2-14,24H,15H2,1H3,(H,29,31)(H,30,33);1H. The molecule has 0 fully saturated rings. The van der Waals surface area contributed by atoms with Gasteiger partial charge in [0.15, 0.2) is 11.0 Å². The number of benzene rings is 3. The predicted molar refractivity (Wildman–Crippen MR) is 138 cm³/mol. The quantitative estimate of drug-likeness (QED) is 0.402. The summed E-state index contributed by atoms with van der Waals surface area (Å²) in [5.74, 6) is -2.52. The third-order valence-corrected chi connectivity index (χ3v) is 6.07. The molecule has 5 nitrogen and oxygen atoms in total. The van der Waals surface area contributed by atoms with Gasteiger partial charge in [-0.3, -0.25) is 9.59 Å². The van der Waals surface area contributed by atoms with Crippen molar-refractivity contribution in [1.29, 1.82) is 0 Å². The van der Waals surface area contributed by atoms with E-state index in [1.54, 1.807) is 19.1 Å².